The number of nitriles is 1. The molecular weight excluding hydrogens is 188 g/mol. The molecule has 0 saturated heterocycles. The first-order valence-electron chi connectivity index (χ1n) is 4.38. The Labute approximate surface area is 87.6 Å². The van der Waals surface area contributed by atoms with Crippen molar-refractivity contribution in [1.29, 1.82) is 5.26 Å². The second-order valence-electron chi connectivity index (χ2n) is 2.84. The fourth-order valence-corrected chi connectivity index (χ4v) is 1.12. The Balaban J connectivity index is 2.22. The SMILES string of the molecule is N#Cc1cccc(Oc2cc[c]cn2)c1. The summed E-state index contributed by atoms with van der Waals surface area (Å²) in [7, 11) is 0. The molecule has 1 radical (unpaired) electrons. The van der Waals surface area contributed by atoms with Gasteiger partial charge in [-0.05, 0) is 24.3 Å². The Morgan fingerprint density at radius 2 is 2.27 bits per heavy atom. The van der Waals surface area contributed by atoms with Crippen LogP contribution in [0, 0.1) is 17.4 Å². The molecule has 0 amide bonds. The van der Waals surface area contributed by atoms with Gasteiger partial charge in [0.25, 0.3) is 0 Å². The zero-order valence-corrected chi connectivity index (χ0v) is 7.84. The van der Waals surface area contributed by atoms with E-state index in [9.17, 15) is 0 Å². The highest BCUT2D eigenvalue weighted by molar-refractivity contribution is 5.37. The number of rotatable bonds is 2. The lowest BCUT2D eigenvalue weighted by Gasteiger charge is -2.03. The van der Waals surface area contributed by atoms with Gasteiger partial charge in [-0.15, -0.1) is 0 Å². The van der Waals surface area contributed by atoms with Crippen molar-refractivity contribution in [2.45, 2.75) is 0 Å². The van der Waals surface area contributed by atoms with Gasteiger partial charge >= 0.3 is 0 Å². The van der Waals surface area contributed by atoms with Crippen LogP contribution in [-0.2, 0) is 0 Å². The first-order valence-corrected chi connectivity index (χ1v) is 4.38. The van der Waals surface area contributed by atoms with Gasteiger partial charge in [0, 0.05) is 18.3 Å². The molecule has 1 aromatic heterocycles. The van der Waals surface area contributed by atoms with E-state index in [1.54, 1.807) is 36.4 Å². The van der Waals surface area contributed by atoms with Crippen molar-refractivity contribution in [2.24, 2.45) is 0 Å². The molecule has 3 nitrogen and oxygen atoms in total. The highest BCUT2D eigenvalue weighted by atomic mass is 16.5. The second kappa shape index (κ2) is 4.25. The number of nitrogens with zero attached hydrogens (tertiary/aromatic N) is 2. The number of hydrogen-bond donors (Lipinski definition) is 0. The van der Waals surface area contributed by atoms with Gasteiger partial charge in [-0.2, -0.15) is 5.26 Å². The standard InChI is InChI=1S/C12H7N2O/c13-9-10-4-3-5-11(8-10)15-12-6-1-2-7-14-12/h1,3-8H. The van der Waals surface area contributed by atoms with E-state index in [2.05, 4.69) is 11.1 Å². The van der Waals surface area contributed by atoms with Crippen molar-refractivity contribution in [3.05, 3.63) is 54.2 Å². The van der Waals surface area contributed by atoms with Crippen molar-refractivity contribution in [1.82, 2.24) is 4.98 Å². The smallest absolute Gasteiger partial charge is 0.219 e. The Bertz CT molecular complexity index is 488. The summed E-state index contributed by atoms with van der Waals surface area (Å²) in [4.78, 5) is 3.97. The molecule has 15 heavy (non-hydrogen) atoms. The molecule has 0 atom stereocenters. The van der Waals surface area contributed by atoms with Crippen molar-refractivity contribution in [3.63, 3.8) is 0 Å². The number of aromatic nitrogens is 1. The summed E-state index contributed by atoms with van der Waals surface area (Å²) >= 11 is 0. The lowest BCUT2D eigenvalue weighted by atomic mass is 10.2. The molecule has 0 fully saturated rings. The lowest BCUT2D eigenvalue weighted by molar-refractivity contribution is 0.463. The van der Waals surface area contributed by atoms with E-state index in [0.29, 0.717) is 17.2 Å². The minimum absolute atomic E-state index is 0.490. The van der Waals surface area contributed by atoms with E-state index in [-0.39, 0.29) is 0 Å². The molecule has 3 heteroatoms. The van der Waals surface area contributed by atoms with Crippen LogP contribution in [0.1, 0.15) is 5.56 Å². The zero-order valence-electron chi connectivity index (χ0n) is 7.84. The topological polar surface area (TPSA) is 45.9 Å². The second-order valence-corrected chi connectivity index (χ2v) is 2.84. The zero-order chi connectivity index (χ0) is 10.5. The van der Waals surface area contributed by atoms with Gasteiger partial charge in [0.05, 0.1) is 11.6 Å². The van der Waals surface area contributed by atoms with Gasteiger partial charge in [-0.1, -0.05) is 6.07 Å². The van der Waals surface area contributed by atoms with Crippen molar-refractivity contribution in [2.75, 3.05) is 0 Å². The molecule has 71 valence electrons. The first kappa shape index (κ1) is 9.22. The molecular formula is C12H7N2O. The van der Waals surface area contributed by atoms with Gasteiger partial charge in [-0.25, -0.2) is 4.98 Å². The van der Waals surface area contributed by atoms with Crippen LogP contribution in [0.2, 0.25) is 0 Å². The third kappa shape index (κ3) is 2.32. The van der Waals surface area contributed by atoms with E-state index in [1.807, 2.05) is 6.07 Å². The molecule has 0 bridgehead atoms. The first-order chi connectivity index (χ1) is 7.38. The molecule has 0 unspecified atom stereocenters. The monoisotopic (exact) mass is 195 g/mol. The quantitative estimate of drug-likeness (QED) is 0.739. The van der Waals surface area contributed by atoms with Crippen LogP contribution in [0.3, 0.4) is 0 Å². The van der Waals surface area contributed by atoms with Crippen LogP contribution in [0.4, 0.5) is 0 Å². The van der Waals surface area contributed by atoms with E-state index >= 15 is 0 Å². The molecule has 0 aliphatic carbocycles. The number of hydrogen-bond acceptors (Lipinski definition) is 3. The maximum absolute atomic E-state index is 8.70. The maximum Gasteiger partial charge on any atom is 0.219 e. The molecule has 0 aliphatic heterocycles. The Kier molecular flexibility index (Phi) is 2.61. The molecule has 0 saturated carbocycles. The summed E-state index contributed by atoms with van der Waals surface area (Å²) in [6.45, 7) is 0. The highest BCUT2D eigenvalue weighted by Gasteiger charge is 1.98. The lowest BCUT2D eigenvalue weighted by Crippen LogP contribution is -1.87. The van der Waals surface area contributed by atoms with Crippen LogP contribution in [0.15, 0.2) is 42.6 Å². The molecule has 2 rings (SSSR count). The molecule has 2 aromatic rings. The fourth-order valence-electron chi connectivity index (χ4n) is 1.12. The number of ether oxygens (including phenoxy) is 1. The van der Waals surface area contributed by atoms with Gasteiger partial charge in [-0.3, -0.25) is 0 Å². The molecule has 0 spiro atoms. The van der Waals surface area contributed by atoms with Crippen LogP contribution in [0.25, 0.3) is 0 Å². The molecule has 0 N–H and O–H groups in total. The average Bonchev–Trinajstić information content (AvgIpc) is 2.31. The summed E-state index contributed by atoms with van der Waals surface area (Å²) in [6, 6.07) is 15.2. The van der Waals surface area contributed by atoms with Gasteiger partial charge in [0.1, 0.15) is 5.75 Å². The maximum atomic E-state index is 8.70. The number of benzene rings is 1. The summed E-state index contributed by atoms with van der Waals surface area (Å²) in [5.74, 6) is 1.09. The van der Waals surface area contributed by atoms with E-state index in [1.165, 1.54) is 6.20 Å². The van der Waals surface area contributed by atoms with Gasteiger partial charge in [0.15, 0.2) is 0 Å². The number of pyridine rings is 1. The molecule has 0 aliphatic rings. The molecule has 1 aromatic carbocycles. The van der Waals surface area contributed by atoms with E-state index < -0.39 is 0 Å². The average molecular weight is 195 g/mol. The van der Waals surface area contributed by atoms with Crippen LogP contribution < -0.4 is 4.74 Å². The predicted molar refractivity (Wildman–Crippen MR) is 54.3 cm³/mol. The van der Waals surface area contributed by atoms with Crippen LogP contribution in [-0.4, -0.2) is 4.98 Å². The van der Waals surface area contributed by atoms with Crippen molar-refractivity contribution in [3.8, 4) is 17.7 Å². The van der Waals surface area contributed by atoms with Gasteiger partial charge in [0.2, 0.25) is 5.88 Å². The Morgan fingerprint density at radius 3 is 3.00 bits per heavy atom. The summed E-state index contributed by atoms with van der Waals surface area (Å²) in [5.41, 5.74) is 0.565. The summed E-state index contributed by atoms with van der Waals surface area (Å²) < 4.78 is 5.44. The third-order valence-corrected chi connectivity index (χ3v) is 1.77. The third-order valence-electron chi connectivity index (χ3n) is 1.77. The van der Waals surface area contributed by atoms with Crippen LogP contribution in [0.5, 0.6) is 11.6 Å². The Hall–Kier alpha value is -2.34. The normalized spacial score (nSPS) is 9.27. The van der Waals surface area contributed by atoms with E-state index in [0.717, 1.165) is 0 Å². The van der Waals surface area contributed by atoms with Crippen molar-refractivity contribution < 1.29 is 4.74 Å². The fraction of sp³-hybridized carbons (Fsp3) is 0. The predicted octanol–water partition coefficient (Wildman–Crippen LogP) is 2.55. The van der Waals surface area contributed by atoms with Crippen molar-refractivity contribution >= 4 is 0 Å². The van der Waals surface area contributed by atoms with Gasteiger partial charge < -0.3 is 4.74 Å². The Morgan fingerprint density at radius 1 is 1.33 bits per heavy atom. The summed E-state index contributed by atoms with van der Waals surface area (Å²) in [6.07, 6.45) is 1.53. The van der Waals surface area contributed by atoms with Crippen LogP contribution >= 0.6 is 0 Å². The van der Waals surface area contributed by atoms with E-state index in [4.69, 9.17) is 10.00 Å². The highest BCUT2D eigenvalue weighted by Crippen LogP contribution is 2.19. The largest absolute Gasteiger partial charge is 0.439 e. The molecule has 1 heterocycles. The minimum Gasteiger partial charge on any atom is -0.439 e. The minimum atomic E-state index is 0.490. The summed E-state index contributed by atoms with van der Waals surface area (Å²) in [5, 5.41) is 8.70.